The number of likely N-dealkylation sites (tertiary alicyclic amines) is 1. The van der Waals surface area contributed by atoms with E-state index in [0.29, 0.717) is 11.8 Å². The summed E-state index contributed by atoms with van der Waals surface area (Å²) < 4.78 is 5.58. The fourth-order valence-corrected chi connectivity index (χ4v) is 3.96. The maximum Gasteiger partial charge on any atom is 0.308 e. The quantitative estimate of drug-likeness (QED) is 0.861. The molecule has 1 aliphatic heterocycles. The molecule has 2 fully saturated rings. The van der Waals surface area contributed by atoms with E-state index in [9.17, 15) is 9.90 Å². The lowest BCUT2D eigenvalue weighted by molar-refractivity contribution is -0.147. The summed E-state index contributed by atoms with van der Waals surface area (Å²) in [5, 5.41) is 9.52. The summed E-state index contributed by atoms with van der Waals surface area (Å²) in [6.07, 6.45) is 5.47. The number of piperidine rings is 1. The van der Waals surface area contributed by atoms with Crippen LogP contribution in [-0.4, -0.2) is 48.3 Å². The summed E-state index contributed by atoms with van der Waals surface area (Å²) in [6.45, 7) is 6.36. The Labute approximate surface area is 122 Å². The number of rotatable bonds is 4. The van der Waals surface area contributed by atoms with Crippen LogP contribution in [0, 0.1) is 17.8 Å². The molecule has 1 N–H and O–H groups in total. The van der Waals surface area contributed by atoms with Crippen LogP contribution >= 0.6 is 0 Å². The largest absolute Gasteiger partial charge is 0.481 e. The van der Waals surface area contributed by atoms with Crippen LogP contribution in [0.2, 0.25) is 0 Å². The van der Waals surface area contributed by atoms with Gasteiger partial charge in [-0.2, -0.15) is 0 Å². The third-order valence-corrected chi connectivity index (χ3v) is 5.51. The monoisotopic (exact) mass is 283 g/mol. The van der Waals surface area contributed by atoms with Gasteiger partial charge < -0.3 is 9.84 Å². The van der Waals surface area contributed by atoms with Gasteiger partial charge in [0.25, 0.3) is 0 Å². The molecule has 1 saturated heterocycles. The van der Waals surface area contributed by atoms with Gasteiger partial charge in [-0.1, -0.05) is 20.3 Å². The fourth-order valence-electron chi connectivity index (χ4n) is 3.96. The van der Waals surface area contributed by atoms with Crippen LogP contribution in [0.3, 0.4) is 0 Å². The topological polar surface area (TPSA) is 49.8 Å². The molecule has 1 heterocycles. The van der Waals surface area contributed by atoms with Crippen molar-refractivity contribution in [2.75, 3.05) is 20.2 Å². The highest BCUT2D eigenvalue weighted by molar-refractivity contribution is 5.71. The second-order valence-electron chi connectivity index (χ2n) is 6.63. The summed E-state index contributed by atoms with van der Waals surface area (Å²) >= 11 is 0. The number of carboxylic acids is 1. The second-order valence-corrected chi connectivity index (χ2v) is 6.63. The van der Waals surface area contributed by atoms with Crippen molar-refractivity contribution in [1.82, 2.24) is 4.90 Å². The predicted octanol–water partition coefficient (Wildman–Crippen LogP) is 2.62. The first-order valence-electron chi connectivity index (χ1n) is 8.06. The molecule has 2 rings (SSSR count). The molecule has 116 valence electrons. The summed E-state index contributed by atoms with van der Waals surface area (Å²) in [5.41, 5.74) is 0. The van der Waals surface area contributed by atoms with E-state index in [1.54, 1.807) is 7.11 Å². The Bertz CT molecular complexity index is 334. The Morgan fingerprint density at radius 3 is 2.70 bits per heavy atom. The number of nitrogens with zero attached hydrogens (tertiary/aromatic N) is 1. The molecular formula is C16H29NO3. The zero-order valence-electron chi connectivity index (χ0n) is 13.0. The third kappa shape index (κ3) is 3.34. The summed E-state index contributed by atoms with van der Waals surface area (Å²) in [6, 6.07) is 0.205. The Morgan fingerprint density at radius 2 is 2.10 bits per heavy atom. The van der Waals surface area contributed by atoms with Gasteiger partial charge in [-0.25, -0.2) is 0 Å². The maximum absolute atomic E-state index is 11.6. The van der Waals surface area contributed by atoms with E-state index in [-0.39, 0.29) is 18.1 Å². The number of hydrogen-bond donors (Lipinski definition) is 1. The number of methoxy groups -OCH3 is 1. The average Bonchev–Trinajstić information content (AvgIpc) is 2.47. The maximum atomic E-state index is 11.6. The molecule has 1 saturated carbocycles. The van der Waals surface area contributed by atoms with Gasteiger partial charge in [0.15, 0.2) is 0 Å². The number of hydrogen-bond acceptors (Lipinski definition) is 3. The van der Waals surface area contributed by atoms with E-state index in [2.05, 4.69) is 18.7 Å². The van der Waals surface area contributed by atoms with Crippen LogP contribution in [0.4, 0.5) is 0 Å². The third-order valence-electron chi connectivity index (χ3n) is 5.51. The molecular weight excluding hydrogens is 254 g/mol. The van der Waals surface area contributed by atoms with Crippen molar-refractivity contribution in [3.8, 4) is 0 Å². The highest BCUT2D eigenvalue weighted by Gasteiger charge is 2.40. The van der Waals surface area contributed by atoms with Gasteiger partial charge in [-0.05, 0) is 44.1 Å². The average molecular weight is 283 g/mol. The van der Waals surface area contributed by atoms with Crippen molar-refractivity contribution in [2.45, 2.75) is 58.1 Å². The second kappa shape index (κ2) is 6.90. The van der Waals surface area contributed by atoms with Crippen LogP contribution in [-0.2, 0) is 9.53 Å². The Morgan fingerprint density at radius 1 is 1.35 bits per heavy atom. The first kappa shape index (κ1) is 15.8. The molecule has 4 nitrogen and oxygen atoms in total. The zero-order valence-corrected chi connectivity index (χ0v) is 13.0. The first-order chi connectivity index (χ1) is 9.56. The highest BCUT2D eigenvalue weighted by atomic mass is 16.5. The number of aliphatic carboxylic acids is 1. The fraction of sp³-hybridized carbons (Fsp3) is 0.938. The lowest BCUT2D eigenvalue weighted by Gasteiger charge is -2.45. The van der Waals surface area contributed by atoms with Gasteiger partial charge in [0.05, 0.1) is 12.0 Å². The van der Waals surface area contributed by atoms with E-state index in [0.717, 1.165) is 38.8 Å². The smallest absolute Gasteiger partial charge is 0.308 e. The molecule has 0 spiro atoms. The zero-order chi connectivity index (χ0) is 14.7. The van der Waals surface area contributed by atoms with E-state index in [1.165, 1.54) is 6.42 Å². The van der Waals surface area contributed by atoms with Crippen molar-refractivity contribution in [3.05, 3.63) is 0 Å². The normalized spacial score (nSPS) is 39.6. The first-order valence-corrected chi connectivity index (χ1v) is 8.06. The molecule has 0 radical (unpaired) electrons. The molecule has 0 aromatic rings. The lowest BCUT2D eigenvalue weighted by atomic mass is 9.75. The summed E-state index contributed by atoms with van der Waals surface area (Å²) in [4.78, 5) is 14.0. The van der Waals surface area contributed by atoms with Crippen LogP contribution in [0.1, 0.15) is 46.0 Å². The molecule has 0 amide bonds. The molecule has 5 unspecified atom stereocenters. The van der Waals surface area contributed by atoms with Gasteiger partial charge in [-0.3, -0.25) is 9.69 Å². The van der Waals surface area contributed by atoms with Crippen LogP contribution in [0.15, 0.2) is 0 Å². The molecule has 5 atom stereocenters. The standard InChI is InChI=1S/C16H29NO3/c1-4-12-5-6-13(16(18)19)14(9-12)17-8-7-11(2)15(10-17)20-3/h11-15H,4-10H2,1-3H3,(H,18,19). The molecule has 20 heavy (non-hydrogen) atoms. The lowest BCUT2D eigenvalue weighted by Crippen LogP contribution is -2.54. The van der Waals surface area contributed by atoms with Gasteiger partial charge in [0.1, 0.15) is 0 Å². The van der Waals surface area contributed by atoms with Crippen molar-refractivity contribution in [2.24, 2.45) is 17.8 Å². The minimum absolute atomic E-state index is 0.191. The van der Waals surface area contributed by atoms with Crippen LogP contribution in [0.5, 0.6) is 0 Å². The van der Waals surface area contributed by atoms with Gasteiger partial charge in [0.2, 0.25) is 0 Å². The number of ether oxygens (including phenoxy) is 1. The van der Waals surface area contributed by atoms with Gasteiger partial charge in [0, 0.05) is 19.7 Å². The Kier molecular flexibility index (Phi) is 5.44. The number of carboxylic acid groups (broad SMARTS) is 1. The molecule has 0 bridgehead atoms. The molecule has 1 aliphatic carbocycles. The molecule has 0 aromatic carbocycles. The van der Waals surface area contributed by atoms with Crippen LogP contribution in [0.25, 0.3) is 0 Å². The minimum Gasteiger partial charge on any atom is -0.481 e. The van der Waals surface area contributed by atoms with Gasteiger partial charge >= 0.3 is 5.97 Å². The summed E-state index contributed by atoms with van der Waals surface area (Å²) in [5.74, 6) is 0.460. The summed E-state index contributed by atoms with van der Waals surface area (Å²) in [7, 11) is 1.77. The molecule has 2 aliphatic rings. The SMILES string of the molecule is CCC1CCC(C(=O)O)C(N2CCC(C)C(OC)C2)C1. The minimum atomic E-state index is -0.614. The molecule has 4 heteroatoms. The van der Waals surface area contributed by atoms with Crippen molar-refractivity contribution >= 4 is 5.97 Å². The highest BCUT2D eigenvalue weighted by Crippen LogP contribution is 2.36. The Hall–Kier alpha value is -0.610. The van der Waals surface area contributed by atoms with E-state index in [4.69, 9.17) is 4.74 Å². The van der Waals surface area contributed by atoms with E-state index >= 15 is 0 Å². The number of carbonyl (C=O) groups is 1. The van der Waals surface area contributed by atoms with E-state index in [1.807, 2.05) is 0 Å². The van der Waals surface area contributed by atoms with Crippen LogP contribution < -0.4 is 0 Å². The Balaban J connectivity index is 2.07. The molecule has 0 aromatic heterocycles. The van der Waals surface area contributed by atoms with E-state index < -0.39 is 5.97 Å². The van der Waals surface area contributed by atoms with Crippen molar-refractivity contribution in [1.29, 1.82) is 0 Å². The van der Waals surface area contributed by atoms with Crippen molar-refractivity contribution in [3.63, 3.8) is 0 Å². The predicted molar refractivity (Wildman–Crippen MR) is 78.7 cm³/mol. The van der Waals surface area contributed by atoms with Crippen molar-refractivity contribution < 1.29 is 14.6 Å². The van der Waals surface area contributed by atoms with Gasteiger partial charge in [-0.15, -0.1) is 0 Å².